The second-order valence-corrected chi connectivity index (χ2v) is 6.97. The lowest BCUT2D eigenvalue weighted by atomic mass is 10.2. The predicted octanol–water partition coefficient (Wildman–Crippen LogP) is 3.18. The molecule has 6 heteroatoms. The van der Waals surface area contributed by atoms with Crippen LogP contribution in [0.25, 0.3) is 6.08 Å². The zero-order chi connectivity index (χ0) is 17.6. The van der Waals surface area contributed by atoms with Crippen LogP contribution in [0.4, 0.5) is 0 Å². The first-order valence-electron chi connectivity index (χ1n) is 7.10. The molecular weight excluding hydrogens is 326 g/mol. The van der Waals surface area contributed by atoms with E-state index in [0.29, 0.717) is 22.6 Å². The van der Waals surface area contributed by atoms with Crippen molar-refractivity contribution in [3.05, 3.63) is 64.6 Å². The van der Waals surface area contributed by atoms with Crippen molar-refractivity contribution in [1.29, 1.82) is 5.26 Å². The van der Waals surface area contributed by atoms with Crippen molar-refractivity contribution in [3.8, 4) is 17.6 Å². The van der Waals surface area contributed by atoms with Gasteiger partial charge >= 0.3 is 0 Å². The Labute approximate surface area is 141 Å². The third-order valence-electron chi connectivity index (χ3n) is 3.32. The lowest BCUT2D eigenvalue weighted by Crippen LogP contribution is -2.06. The number of hydrogen-bond acceptors (Lipinski definition) is 5. The minimum absolute atomic E-state index is 0.228. The van der Waals surface area contributed by atoms with Crippen LogP contribution in [0.3, 0.4) is 0 Å². The van der Waals surface area contributed by atoms with Crippen molar-refractivity contribution in [2.75, 3.05) is 14.2 Å². The van der Waals surface area contributed by atoms with Gasteiger partial charge in [0.25, 0.3) is 0 Å². The molecule has 0 saturated carbocycles. The number of allylic oxidation sites excluding steroid dienone is 1. The first-order chi connectivity index (χ1) is 11.5. The zero-order valence-corrected chi connectivity index (χ0v) is 14.2. The highest BCUT2D eigenvalue weighted by Crippen LogP contribution is 2.25. The summed E-state index contributed by atoms with van der Waals surface area (Å²) in [5.74, 6) is 0.797. The second kappa shape index (κ2) is 7.66. The van der Waals surface area contributed by atoms with Crippen molar-refractivity contribution >= 4 is 15.9 Å². The summed E-state index contributed by atoms with van der Waals surface area (Å²) in [6.07, 6.45) is 1.32. The van der Waals surface area contributed by atoms with Crippen LogP contribution in [0, 0.1) is 11.3 Å². The molecule has 2 aromatic rings. The maximum Gasteiger partial charge on any atom is 0.192 e. The van der Waals surface area contributed by atoms with E-state index in [-0.39, 0.29) is 10.7 Å². The molecule has 124 valence electrons. The number of nitrogens with zero attached hydrogens (tertiary/aromatic N) is 1. The first-order valence-corrected chi connectivity index (χ1v) is 8.75. The molecule has 24 heavy (non-hydrogen) atoms. The maximum absolute atomic E-state index is 12.5. The predicted molar refractivity (Wildman–Crippen MR) is 92.2 cm³/mol. The summed E-state index contributed by atoms with van der Waals surface area (Å²) in [4.78, 5) is -0.304. The van der Waals surface area contributed by atoms with Crippen LogP contribution in [0.1, 0.15) is 11.1 Å². The summed E-state index contributed by atoms with van der Waals surface area (Å²) in [6, 6.07) is 15.5. The Hall–Kier alpha value is -2.78. The van der Waals surface area contributed by atoms with Gasteiger partial charge < -0.3 is 9.47 Å². The molecule has 0 saturated heterocycles. The van der Waals surface area contributed by atoms with E-state index in [0.717, 1.165) is 0 Å². The van der Waals surface area contributed by atoms with Crippen LogP contribution >= 0.6 is 0 Å². The number of rotatable bonds is 6. The van der Waals surface area contributed by atoms with Gasteiger partial charge in [-0.1, -0.05) is 30.3 Å². The third-order valence-corrected chi connectivity index (χ3v) is 4.91. The van der Waals surface area contributed by atoms with Crippen LogP contribution in [-0.2, 0) is 15.6 Å². The average molecular weight is 343 g/mol. The number of hydrogen-bond donors (Lipinski definition) is 0. The van der Waals surface area contributed by atoms with Crippen molar-refractivity contribution in [1.82, 2.24) is 0 Å². The lowest BCUT2D eigenvalue weighted by Gasteiger charge is -2.07. The third kappa shape index (κ3) is 4.37. The fourth-order valence-electron chi connectivity index (χ4n) is 2.13. The molecule has 2 aromatic carbocycles. The fraction of sp³-hybridized carbons (Fsp3) is 0.167. The van der Waals surface area contributed by atoms with Gasteiger partial charge in [-0.15, -0.1) is 0 Å². The normalized spacial score (nSPS) is 11.6. The van der Waals surface area contributed by atoms with Crippen LogP contribution in [0.15, 0.2) is 53.4 Å². The SMILES string of the molecule is COc1cc(/C=C(/C#N)S(=O)(=O)Cc2ccccc2)cc(OC)c1. The molecule has 0 atom stereocenters. The molecule has 0 fully saturated rings. The molecule has 0 heterocycles. The molecule has 0 N–H and O–H groups in total. The summed E-state index contributed by atoms with van der Waals surface area (Å²) in [6.45, 7) is 0. The van der Waals surface area contributed by atoms with Crippen molar-refractivity contribution < 1.29 is 17.9 Å². The summed E-state index contributed by atoms with van der Waals surface area (Å²) in [5, 5.41) is 9.29. The van der Waals surface area contributed by atoms with E-state index < -0.39 is 9.84 Å². The summed E-state index contributed by atoms with van der Waals surface area (Å²) in [5.41, 5.74) is 1.14. The Morgan fingerprint density at radius 1 is 1.08 bits per heavy atom. The number of nitriles is 1. The molecule has 2 rings (SSSR count). The number of benzene rings is 2. The van der Waals surface area contributed by atoms with Crippen molar-refractivity contribution in [2.45, 2.75) is 5.75 Å². The van der Waals surface area contributed by atoms with E-state index in [2.05, 4.69) is 0 Å². The maximum atomic E-state index is 12.5. The van der Waals surface area contributed by atoms with Gasteiger partial charge in [0.15, 0.2) is 9.84 Å². The Balaban J connectivity index is 2.40. The molecule has 0 bridgehead atoms. The highest BCUT2D eigenvalue weighted by atomic mass is 32.2. The molecule has 0 radical (unpaired) electrons. The Morgan fingerprint density at radius 3 is 2.17 bits per heavy atom. The fourth-order valence-corrected chi connectivity index (χ4v) is 3.37. The van der Waals surface area contributed by atoms with Gasteiger partial charge in [-0.2, -0.15) is 5.26 Å². The summed E-state index contributed by atoms with van der Waals surface area (Å²) < 4.78 is 35.3. The minimum Gasteiger partial charge on any atom is -0.497 e. The lowest BCUT2D eigenvalue weighted by molar-refractivity contribution is 0.394. The molecule has 0 unspecified atom stereocenters. The standard InChI is InChI=1S/C18H17NO4S/c1-22-16-8-15(9-17(11-16)23-2)10-18(12-19)24(20,21)13-14-6-4-3-5-7-14/h3-11H,13H2,1-2H3/b18-10-. The number of ether oxygens (including phenoxy) is 2. The van der Waals surface area contributed by atoms with E-state index in [9.17, 15) is 13.7 Å². The summed E-state index contributed by atoms with van der Waals surface area (Å²) in [7, 11) is -0.745. The largest absolute Gasteiger partial charge is 0.497 e. The molecular formula is C18H17NO4S. The van der Waals surface area contributed by atoms with E-state index in [4.69, 9.17) is 9.47 Å². The Kier molecular flexibility index (Phi) is 5.61. The van der Waals surface area contributed by atoms with E-state index >= 15 is 0 Å². The molecule has 0 aliphatic carbocycles. The van der Waals surface area contributed by atoms with Gasteiger partial charge in [-0.3, -0.25) is 0 Å². The monoisotopic (exact) mass is 343 g/mol. The topological polar surface area (TPSA) is 76.4 Å². The molecule has 0 aliphatic rings. The highest BCUT2D eigenvalue weighted by Gasteiger charge is 2.19. The van der Waals surface area contributed by atoms with Crippen LogP contribution in [0.2, 0.25) is 0 Å². The molecule has 0 aromatic heterocycles. The van der Waals surface area contributed by atoms with Gasteiger partial charge in [0, 0.05) is 6.07 Å². The van der Waals surface area contributed by atoms with Gasteiger partial charge in [0.05, 0.1) is 20.0 Å². The van der Waals surface area contributed by atoms with Crippen LogP contribution in [0.5, 0.6) is 11.5 Å². The Morgan fingerprint density at radius 2 is 1.67 bits per heavy atom. The molecule has 5 nitrogen and oxygen atoms in total. The molecule has 0 aliphatic heterocycles. The quantitative estimate of drug-likeness (QED) is 0.753. The minimum atomic E-state index is -3.74. The van der Waals surface area contributed by atoms with Crippen LogP contribution in [-0.4, -0.2) is 22.6 Å². The highest BCUT2D eigenvalue weighted by molar-refractivity contribution is 7.95. The Bertz CT molecular complexity index is 859. The number of methoxy groups -OCH3 is 2. The smallest absolute Gasteiger partial charge is 0.192 e. The van der Waals surface area contributed by atoms with Gasteiger partial charge in [-0.25, -0.2) is 8.42 Å². The van der Waals surface area contributed by atoms with E-state index in [1.165, 1.54) is 20.3 Å². The first kappa shape index (κ1) is 17.6. The molecule has 0 amide bonds. The van der Waals surface area contributed by atoms with Gasteiger partial charge in [-0.05, 0) is 29.3 Å². The molecule has 0 spiro atoms. The van der Waals surface area contributed by atoms with Crippen molar-refractivity contribution in [3.63, 3.8) is 0 Å². The number of sulfone groups is 1. The van der Waals surface area contributed by atoms with Crippen LogP contribution < -0.4 is 9.47 Å². The second-order valence-electron chi connectivity index (χ2n) is 5.01. The van der Waals surface area contributed by atoms with Gasteiger partial charge in [0.1, 0.15) is 22.5 Å². The van der Waals surface area contributed by atoms with E-state index in [1.54, 1.807) is 54.6 Å². The zero-order valence-electron chi connectivity index (χ0n) is 13.4. The summed E-state index contributed by atoms with van der Waals surface area (Å²) >= 11 is 0. The van der Waals surface area contributed by atoms with E-state index in [1.807, 2.05) is 0 Å². The van der Waals surface area contributed by atoms with Gasteiger partial charge in [0.2, 0.25) is 0 Å². The average Bonchev–Trinajstić information content (AvgIpc) is 2.59. The van der Waals surface area contributed by atoms with Crippen molar-refractivity contribution in [2.24, 2.45) is 0 Å².